The first-order valence-electron chi connectivity index (χ1n) is 6.52. The minimum absolute atomic E-state index is 0.317. The fourth-order valence-corrected chi connectivity index (χ4v) is 2.35. The molecule has 0 amide bonds. The second kappa shape index (κ2) is 5.46. The molecule has 0 unspecified atom stereocenters. The summed E-state index contributed by atoms with van der Waals surface area (Å²) in [6.07, 6.45) is 5.26. The Morgan fingerprint density at radius 3 is 2.76 bits per heavy atom. The molecule has 21 heavy (non-hydrogen) atoms. The highest BCUT2D eigenvalue weighted by Gasteiger charge is 2.12. The highest BCUT2D eigenvalue weighted by molar-refractivity contribution is 7.80. The summed E-state index contributed by atoms with van der Waals surface area (Å²) in [7, 11) is 0. The molecular formula is C16H14N4S. The van der Waals surface area contributed by atoms with E-state index in [0.29, 0.717) is 4.99 Å². The molecule has 104 valence electrons. The number of hydrogen-bond acceptors (Lipinski definition) is 4. The van der Waals surface area contributed by atoms with Crippen molar-refractivity contribution >= 4 is 39.5 Å². The van der Waals surface area contributed by atoms with Crippen LogP contribution in [0.1, 0.15) is 11.1 Å². The number of hydrogen-bond donors (Lipinski definition) is 2. The first-order chi connectivity index (χ1) is 10.2. The fraction of sp³-hybridized carbons (Fsp3) is 0.0625. The minimum Gasteiger partial charge on any atom is -0.389 e. The van der Waals surface area contributed by atoms with Gasteiger partial charge in [0.2, 0.25) is 0 Å². The molecule has 0 spiro atoms. The molecule has 2 aromatic heterocycles. The Morgan fingerprint density at radius 2 is 2.00 bits per heavy atom. The van der Waals surface area contributed by atoms with E-state index in [0.717, 1.165) is 33.4 Å². The van der Waals surface area contributed by atoms with Crippen LogP contribution < -0.4 is 11.1 Å². The van der Waals surface area contributed by atoms with Crippen LogP contribution in [-0.2, 0) is 0 Å². The molecule has 5 heteroatoms. The van der Waals surface area contributed by atoms with Gasteiger partial charge in [-0.1, -0.05) is 30.4 Å². The van der Waals surface area contributed by atoms with Gasteiger partial charge in [-0.15, -0.1) is 0 Å². The van der Waals surface area contributed by atoms with Crippen LogP contribution in [0.15, 0.2) is 48.9 Å². The van der Waals surface area contributed by atoms with Gasteiger partial charge in [0.1, 0.15) is 4.99 Å². The second-order valence-electron chi connectivity index (χ2n) is 4.74. The van der Waals surface area contributed by atoms with E-state index < -0.39 is 0 Å². The standard InChI is InChI=1S/C16H14N4S/c1-10-6-7-18-9-14(10)20-15-11-4-2-3-5-13(11)19-8-12(15)16(17)21/h2-9H,1H3,(H2,17,21)(H,19,20). The summed E-state index contributed by atoms with van der Waals surface area (Å²) in [6, 6.07) is 9.83. The van der Waals surface area contributed by atoms with Crippen LogP contribution in [0.5, 0.6) is 0 Å². The van der Waals surface area contributed by atoms with E-state index in [-0.39, 0.29) is 0 Å². The second-order valence-corrected chi connectivity index (χ2v) is 5.18. The predicted molar refractivity (Wildman–Crippen MR) is 89.9 cm³/mol. The lowest BCUT2D eigenvalue weighted by atomic mass is 10.1. The topological polar surface area (TPSA) is 63.8 Å². The molecule has 0 radical (unpaired) electrons. The average molecular weight is 294 g/mol. The molecule has 0 saturated carbocycles. The number of para-hydroxylation sites is 1. The number of pyridine rings is 2. The van der Waals surface area contributed by atoms with Crippen LogP contribution in [0.4, 0.5) is 11.4 Å². The minimum atomic E-state index is 0.317. The Hall–Kier alpha value is -2.53. The van der Waals surface area contributed by atoms with Gasteiger partial charge in [-0.25, -0.2) is 0 Å². The molecule has 3 aromatic rings. The molecule has 0 aliphatic heterocycles. The van der Waals surface area contributed by atoms with E-state index in [1.165, 1.54) is 0 Å². The number of nitrogens with two attached hydrogens (primary N) is 1. The lowest BCUT2D eigenvalue weighted by Crippen LogP contribution is -2.13. The molecule has 2 heterocycles. The summed E-state index contributed by atoms with van der Waals surface area (Å²) in [6.45, 7) is 2.02. The molecule has 0 bridgehead atoms. The van der Waals surface area contributed by atoms with Crippen molar-refractivity contribution in [3.63, 3.8) is 0 Å². The molecule has 0 aliphatic rings. The number of aryl methyl sites for hydroxylation is 1. The number of nitrogens with zero attached hydrogens (tertiary/aromatic N) is 2. The number of nitrogens with one attached hydrogen (secondary N) is 1. The maximum Gasteiger partial charge on any atom is 0.107 e. The van der Waals surface area contributed by atoms with Crippen molar-refractivity contribution in [1.82, 2.24) is 9.97 Å². The Kier molecular flexibility index (Phi) is 3.50. The Bertz CT molecular complexity index is 829. The monoisotopic (exact) mass is 294 g/mol. The Labute approximate surface area is 128 Å². The van der Waals surface area contributed by atoms with E-state index in [9.17, 15) is 0 Å². The Balaban J connectivity index is 2.21. The van der Waals surface area contributed by atoms with Crippen molar-refractivity contribution in [1.29, 1.82) is 0 Å². The summed E-state index contributed by atoms with van der Waals surface area (Å²) in [5.74, 6) is 0. The van der Waals surface area contributed by atoms with Crippen LogP contribution in [0.25, 0.3) is 10.9 Å². The molecule has 0 fully saturated rings. The van der Waals surface area contributed by atoms with Gasteiger partial charge in [-0.2, -0.15) is 0 Å². The van der Waals surface area contributed by atoms with Crippen molar-refractivity contribution < 1.29 is 0 Å². The highest BCUT2D eigenvalue weighted by Crippen LogP contribution is 2.29. The van der Waals surface area contributed by atoms with Crippen LogP contribution in [0, 0.1) is 6.92 Å². The predicted octanol–water partition coefficient (Wildman–Crippen LogP) is 3.32. The zero-order chi connectivity index (χ0) is 14.8. The van der Waals surface area contributed by atoms with E-state index in [4.69, 9.17) is 18.0 Å². The first kappa shape index (κ1) is 13.5. The lowest BCUT2D eigenvalue weighted by molar-refractivity contribution is 1.28. The summed E-state index contributed by atoms with van der Waals surface area (Å²) < 4.78 is 0. The van der Waals surface area contributed by atoms with Crippen molar-refractivity contribution in [3.8, 4) is 0 Å². The van der Waals surface area contributed by atoms with Crippen molar-refractivity contribution in [2.45, 2.75) is 6.92 Å². The number of fused-ring (bicyclic) bond motifs is 1. The van der Waals surface area contributed by atoms with E-state index >= 15 is 0 Å². The van der Waals surface area contributed by atoms with E-state index in [1.807, 2.05) is 37.3 Å². The molecule has 4 nitrogen and oxygen atoms in total. The summed E-state index contributed by atoms with van der Waals surface area (Å²) in [5, 5.41) is 4.37. The maximum absolute atomic E-state index is 5.83. The molecule has 1 aromatic carbocycles. The number of aromatic nitrogens is 2. The number of benzene rings is 1. The van der Waals surface area contributed by atoms with Crippen molar-refractivity contribution in [2.75, 3.05) is 5.32 Å². The summed E-state index contributed by atoms with van der Waals surface area (Å²) in [5.41, 5.74) is 10.3. The molecule has 0 aliphatic carbocycles. The third kappa shape index (κ3) is 2.55. The molecule has 3 rings (SSSR count). The zero-order valence-electron chi connectivity index (χ0n) is 11.5. The van der Waals surface area contributed by atoms with E-state index in [1.54, 1.807) is 18.6 Å². The number of anilines is 2. The summed E-state index contributed by atoms with van der Waals surface area (Å²) in [4.78, 5) is 8.87. The largest absolute Gasteiger partial charge is 0.389 e. The highest BCUT2D eigenvalue weighted by atomic mass is 32.1. The summed E-state index contributed by atoms with van der Waals surface area (Å²) >= 11 is 5.14. The molecule has 0 atom stereocenters. The third-order valence-electron chi connectivity index (χ3n) is 3.34. The van der Waals surface area contributed by atoms with Gasteiger partial charge in [0.15, 0.2) is 0 Å². The van der Waals surface area contributed by atoms with E-state index in [2.05, 4.69) is 15.3 Å². The van der Waals surface area contributed by atoms with Crippen LogP contribution in [0.3, 0.4) is 0 Å². The molecule has 0 saturated heterocycles. The van der Waals surface area contributed by atoms with Crippen molar-refractivity contribution in [3.05, 3.63) is 60.0 Å². The fourth-order valence-electron chi connectivity index (χ4n) is 2.19. The van der Waals surface area contributed by atoms with Gasteiger partial charge < -0.3 is 11.1 Å². The van der Waals surface area contributed by atoms with Crippen LogP contribution in [-0.4, -0.2) is 15.0 Å². The molecule has 3 N–H and O–H groups in total. The lowest BCUT2D eigenvalue weighted by Gasteiger charge is -2.15. The van der Waals surface area contributed by atoms with Crippen LogP contribution >= 0.6 is 12.2 Å². The average Bonchev–Trinajstić information content (AvgIpc) is 2.49. The normalized spacial score (nSPS) is 10.5. The van der Waals surface area contributed by atoms with Gasteiger partial charge in [-0.3, -0.25) is 9.97 Å². The SMILES string of the molecule is Cc1ccncc1Nc1c(C(N)=S)cnc2ccccc12. The Morgan fingerprint density at radius 1 is 1.19 bits per heavy atom. The van der Waals surface area contributed by atoms with Gasteiger partial charge >= 0.3 is 0 Å². The first-order valence-corrected chi connectivity index (χ1v) is 6.93. The maximum atomic E-state index is 5.83. The zero-order valence-corrected chi connectivity index (χ0v) is 12.3. The number of thiocarbonyl (C=S) groups is 1. The third-order valence-corrected chi connectivity index (χ3v) is 3.56. The number of rotatable bonds is 3. The van der Waals surface area contributed by atoms with Gasteiger partial charge in [0, 0.05) is 17.8 Å². The quantitative estimate of drug-likeness (QED) is 0.726. The van der Waals surface area contributed by atoms with Gasteiger partial charge in [0.05, 0.1) is 28.7 Å². The smallest absolute Gasteiger partial charge is 0.107 e. The molecular weight excluding hydrogens is 280 g/mol. The van der Waals surface area contributed by atoms with Gasteiger partial charge in [-0.05, 0) is 24.6 Å². The van der Waals surface area contributed by atoms with Crippen LogP contribution in [0.2, 0.25) is 0 Å². The van der Waals surface area contributed by atoms with Crippen molar-refractivity contribution in [2.24, 2.45) is 5.73 Å². The van der Waals surface area contributed by atoms with Gasteiger partial charge in [0.25, 0.3) is 0 Å².